The smallest absolute Gasteiger partial charge is 0.202 e. The minimum atomic E-state index is 0.144. The fraction of sp³-hybridized carbons (Fsp3) is 0.385. The first-order valence-electron chi connectivity index (χ1n) is 6.16. The minimum absolute atomic E-state index is 0.144. The third-order valence-electron chi connectivity index (χ3n) is 3.04. The second-order valence-electron chi connectivity index (χ2n) is 4.28. The molecule has 0 saturated heterocycles. The van der Waals surface area contributed by atoms with Crippen LogP contribution >= 0.6 is 11.5 Å². The highest BCUT2D eigenvalue weighted by molar-refractivity contribution is 7.09. The van der Waals surface area contributed by atoms with Crippen molar-refractivity contribution in [2.24, 2.45) is 0 Å². The number of ether oxygens (including phenoxy) is 2. The van der Waals surface area contributed by atoms with Gasteiger partial charge in [-0.2, -0.15) is 4.37 Å². The average molecular weight is 277 g/mol. The van der Waals surface area contributed by atoms with Crippen molar-refractivity contribution in [1.82, 2.24) is 9.36 Å². The summed E-state index contributed by atoms with van der Waals surface area (Å²) in [7, 11) is 1.68. The van der Waals surface area contributed by atoms with Crippen LogP contribution in [-0.4, -0.2) is 36.2 Å². The Kier molecular flexibility index (Phi) is 3.61. The molecule has 0 bridgehead atoms. The van der Waals surface area contributed by atoms with Crippen LogP contribution in [0.3, 0.4) is 0 Å². The molecule has 6 heteroatoms. The standard InChI is InChI=1S/C13H15N3O2S/c1-17-7-6-14-13-15-12(16-19-13)10-8-18-11-5-3-2-4-9(10)11/h2-5,10H,6-8H2,1H3,(H,14,15,16). The Bertz CT molecular complexity index is 558. The van der Waals surface area contributed by atoms with Crippen molar-refractivity contribution in [3.05, 3.63) is 35.7 Å². The highest BCUT2D eigenvalue weighted by Crippen LogP contribution is 2.37. The number of anilines is 1. The maximum Gasteiger partial charge on any atom is 0.202 e. The Labute approximate surface area is 115 Å². The lowest BCUT2D eigenvalue weighted by atomic mass is 10.0. The molecule has 1 aliphatic rings. The number of hydrogen-bond acceptors (Lipinski definition) is 6. The van der Waals surface area contributed by atoms with Crippen molar-refractivity contribution in [2.45, 2.75) is 5.92 Å². The summed E-state index contributed by atoms with van der Waals surface area (Å²) in [5.74, 6) is 1.91. The van der Waals surface area contributed by atoms with E-state index in [9.17, 15) is 0 Å². The van der Waals surface area contributed by atoms with Crippen molar-refractivity contribution in [2.75, 3.05) is 32.2 Å². The normalized spacial score (nSPS) is 17.0. The summed E-state index contributed by atoms with van der Waals surface area (Å²) in [5, 5.41) is 4.02. The number of para-hydroxylation sites is 1. The molecule has 1 atom stereocenters. The molecule has 1 aliphatic heterocycles. The van der Waals surface area contributed by atoms with E-state index in [-0.39, 0.29) is 5.92 Å². The molecule has 1 unspecified atom stereocenters. The van der Waals surface area contributed by atoms with Gasteiger partial charge in [-0.25, -0.2) is 4.98 Å². The molecule has 2 aromatic rings. The van der Waals surface area contributed by atoms with Crippen molar-refractivity contribution in [3.63, 3.8) is 0 Å². The highest BCUT2D eigenvalue weighted by Gasteiger charge is 2.28. The molecule has 1 aromatic carbocycles. The number of benzene rings is 1. The second-order valence-corrected chi connectivity index (χ2v) is 5.03. The zero-order valence-electron chi connectivity index (χ0n) is 10.6. The summed E-state index contributed by atoms with van der Waals surface area (Å²) in [4.78, 5) is 4.52. The number of hydrogen-bond donors (Lipinski definition) is 1. The van der Waals surface area contributed by atoms with Crippen molar-refractivity contribution >= 4 is 16.7 Å². The molecular formula is C13H15N3O2S. The van der Waals surface area contributed by atoms with Gasteiger partial charge in [-0.15, -0.1) is 0 Å². The molecule has 0 amide bonds. The van der Waals surface area contributed by atoms with Gasteiger partial charge >= 0.3 is 0 Å². The maximum absolute atomic E-state index is 5.66. The molecule has 0 saturated carbocycles. The fourth-order valence-corrected chi connectivity index (χ4v) is 2.73. The summed E-state index contributed by atoms with van der Waals surface area (Å²) in [6.07, 6.45) is 0. The predicted octanol–water partition coefficient (Wildman–Crippen LogP) is 2.12. The number of rotatable bonds is 5. The molecule has 0 fully saturated rings. The van der Waals surface area contributed by atoms with Gasteiger partial charge in [-0.05, 0) is 6.07 Å². The fourth-order valence-electron chi connectivity index (χ4n) is 2.08. The lowest BCUT2D eigenvalue weighted by Crippen LogP contribution is -2.08. The predicted molar refractivity (Wildman–Crippen MR) is 74.1 cm³/mol. The van der Waals surface area contributed by atoms with E-state index in [0.717, 1.165) is 23.3 Å². The Morgan fingerprint density at radius 3 is 3.26 bits per heavy atom. The van der Waals surface area contributed by atoms with Crippen LogP contribution in [0, 0.1) is 0 Å². The van der Waals surface area contributed by atoms with Crippen LogP contribution in [0.2, 0.25) is 0 Å². The highest BCUT2D eigenvalue weighted by atomic mass is 32.1. The summed E-state index contributed by atoms with van der Waals surface area (Å²) >= 11 is 1.38. The maximum atomic E-state index is 5.66. The number of methoxy groups -OCH3 is 1. The van der Waals surface area contributed by atoms with Gasteiger partial charge in [0, 0.05) is 30.8 Å². The van der Waals surface area contributed by atoms with E-state index in [0.29, 0.717) is 13.2 Å². The first-order chi connectivity index (χ1) is 9.38. The lowest BCUT2D eigenvalue weighted by Gasteiger charge is -2.03. The van der Waals surface area contributed by atoms with E-state index >= 15 is 0 Å². The topological polar surface area (TPSA) is 56.3 Å². The Hall–Kier alpha value is -1.66. The van der Waals surface area contributed by atoms with Crippen molar-refractivity contribution in [3.8, 4) is 5.75 Å². The van der Waals surface area contributed by atoms with E-state index in [2.05, 4.69) is 20.7 Å². The first-order valence-corrected chi connectivity index (χ1v) is 6.94. The molecule has 1 N–H and O–H groups in total. The van der Waals surface area contributed by atoms with Gasteiger partial charge in [0.05, 0.1) is 12.5 Å². The first kappa shape index (κ1) is 12.4. The molecule has 100 valence electrons. The summed E-state index contributed by atoms with van der Waals surface area (Å²) in [6, 6.07) is 8.06. The lowest BCUT2D eigenvalue weighted by molar-refractivity contribution is 0.211. The van der Waals surface area contributed by atoms with Gasteiger partial charge in [0.2, 0.25) is 5.13 Å². The van der Waals surface area contributed by atoms with Gasteiger partial charge in [-0.3, -0.25) is 0 Å². The molecule has 0 aliphatic carbocycles. The van der Waals surface area contributed by atoms with Gasteiger partial charge in [0.1, 0.15) is 12.4 Å². The van der Waals surface area contributed by atoms with E-state index < -0.39 is 0 Å². The summed E-state index contributed by atoms with van der Waals surface area (Å²) < 4.78 is 15.1. The third-order valence-corrected chi connectivity index (χ3v) is 3.72. The number of nitrogens with zero attached hydrogens (tertiary/aromatic N) is 2. The quantitative estimate of drug-likeness (QED) is 0.848. The largest absolute Gasteiger partial charge is 0.492 e. The van der Waals surface area contributed by atoms with Crippen LogP contribution in [0.4, 0.5) is 5.13 Å². The second kappa shape index (κ2) is 5.54. The van der Waals surface area contributed by atoms with Crippen LogP contribution in [0.25, 0.3) is 0 Å². The van der Waals surface area contributed by atoms with Crippen molar-refractivity contribution in [1.29, 1.82) is 0 Å². The molecular weight excluding hydrogens is 262 g/mol. The molecule has 0 radical (unpaired) electrons. The summed E-state index contributed by atoms with van der Waals surface area (Å²) in [5.41, 5.74) is 1.17. The van der Waals surface area contributed by atoms with Crippen molar-refractivity contribution < 1.29 is 9.47 Å². The van der Waals surface area contributed by atoms with Gasteiger partial charge < -0.3 is 14.8 Å². The van der Waals surface area contributed by atoms with Crippen LogP contribution < -0.4 is 10.1 Å². The van der Waals surface area contributed by atoms with Crippen LogP contribution in [-0.2, 0) is 4.74 Å². The number of fused-ring (bicyclic) bond motifs is 1. The minimum Gasteiger partial charge on any atom is -0.492 e. The molecule has 5 nitrogen and oxygen atoms in total. The average Bonchev–Trinajstić information content (AvgIpc) is 3.05. The van der Waals surface area contributed by atoms with E-state index in [1.54, 1.807) is 7.11 Å². The van der Waals surface area contributed by atoms with Crippen LogP contribution in [0.1, 0.15) is 17.3 Å². The number of aromatic nitrogens is 2. The number of nitrogens with one attached hydrogen (secondary N) is 1. The van der Waals surface area contributed by atoms with E-state index in [1.165, 1.54) is 17.1 Å². The van der Waals surface area contributed by atoms with Gasteiger partial charge in [0.15, 0.2) is 5.82 Å². The Morgan fingerprint density at radius 2 is 2.37 bits per heavy atom. The van der Waals surface area contributed by atoms with Gasteiger partial charge in [-0.1, -0.05) is 18.2 Å². The monoisotopic (exact) mass is 277 g/mol. The molecule has 3 rings (SSSR count). The van der Waals surface area contributed by atoms with Crippen LogP contribution in [0.5, 0.6) is 5.75 Å². The van der Waals surface area contributed by atoms with Crippen LogP contribution in [0.15, 0.2) is 24.3 Å². The molecule has 0 spiro atoms. The molecule has 1 aromatic heterocycles. The SMILES string of the molecule is COCCNc1nc(C2COc3ccccc32)ns1. The Balaban J connectivity index is 1.74. The van der Waals surface area contributed by atoms with E-state index in [1.807, 2.05) is 18.2 Å². The molecule has 2 heterocycles. The third kappa shape index (κ3) is 2.54. The Morgan fingerprint density at radius 1 is 1.47 bits per heavy atom. The summed E-state index contributed by atoms with van der Waals surface area (Å²) in [6.45, 7) is 2.01. The van der Waals surface area contributed by atoms with E-state index in [4.69, 9.17) is 9.47 Å². The molecule has 19 heavy (non-hydrogen) atoms. The zero-order chi connectivity index (χ0) is 13.1. The zero-order valence-corrected chi connectivity index (χ0v) is 11.4. The van der Waals surface area contributed by atoms with Gasteiger partial charge in [0.25, 0.3) is 0 Å².